The van der Waals surface area contributed by atoms with E-state index >= 15 is 0 Å². The predicted octanol–water partition coefficient (Wildman–Crippen LogP) is 10.5. The van der Waals surface area contributed by atoms with Gasteiger partial charge in [0, 0.05) is 86.8 Å². The van der Waals surface area contributed by atoms with Crippen molar-refractivity contribution in [2.75, 3.05) is 25.1 Å². The number of nitrogens with one attached hydrogen (secondary N) is 2. The molecular formula is C60H64N4O10. The van der Waals surface area contributed by atoms with Crippen LogP contribution in [0.1, 0.15) is 92.7 Å². The molecule has 0 amide bonds. The number of nitrogens with zero attached hydrogens (tertiary/aromatic N) is 2. The number of methoxy groups -OCH3 is 1. The quantitative estimate of drug-likeness (QED) is 0.0712. The van der Waals surface area contributed by atoms with Crippen LogP contribution in [-0.2, 0) is 38.6 Å². The number of aromatic amines is 1. The molecule has 0 saturated heterocycles. The van der Waals surface area contributed by atoms with E-state index < -0.39 is 23.5 Å². The van der Waals surface area contributed by atoms with E-state index in [2.05, 4.69) is 71.0 Å². The Bertz CT molecular complexity index is 3200. The number of aliphatic hydroxyl groups excluding tert-OH is 1. The molecule has 0 radical (unpaired) electrons. The fraction of sp³-hybridized carbons (Fsp3) is 0.317. The topological polar surface area (TPSA) is 196 Å². The van der Waals surface area contributed by atoms with Gasteiger partial charge in [0.2, 0.25) is 5.75 Å². The number of hydrogen-bond acceptors (Lipinski definition) is 12. The molecule has 384 valence electrons. The van der Waals surface area contributed by atoms with Crippen molar-refractivity contribution in [1.29, 1.82) is 0 Å². The van der Waals surface area contributed by atoms with Crippen LogP contribution in [0.15, 0.2) is 145 Å². The predicted molar refractivity (Wildman–Crippen MR) is 284 cm³/mol. The number of phenols is 3. The number of allylic oxidation sites excluding steroid dienone is 6. The first-order valence-corrected chi connectivity index (χ1v) is 25.2. The van der Waals surface area contributed by atoms with Crippen molar-refractivity contribution >= 4 is 34.0 Å². The van der Waals surface area contributed by atoms with Gasteiger partial charge >= 0.3 is 5.97 Å². The highest BCUT2D eigenvalue weighted by atomic mass is 16.5. The number of dihydropyridines is 1. The molecule has 74 heavy (non-hydrogen) atoms. The number of anilines is 1. The zero-order valence-corrected chi connectivity index (χ0v) is 42.2. The van der Waals surface area contributed by atoms with Crippen LogP contribution in [0.5, 0.6) is 34.5 Å². The maximum Gasteiger partial charge on any atom is 0.302 e. The minimum atomic E-state index is -0.781. The van der Waals surface area contributed by atoms with E-state index in [0.29, 0.717) is 55.3 Å². The molecule has 6 N–H and O–H groups in total. The van der Waals surface area contributed by atoms with E-state index in [0.717, 1.165) is 39.2 Å². The Kier molecular flexibility index (Phi) is 15.2. The summed E-state index contributed by atoms with van der Waals surface area (Å²) in [7, 11) is 1.44. The number of aromatic nitrogens is 2. The fourth-order valence-electron chi connectivity index (χ4n) is 10.9. The molecule has 4 bridgehead atoms. The first-order chi connectivity index (χ1) is 35.7. The number of fused-ring (bicyclic) bond motifs is 3. The van der Waals surface area contributed by atoms with Crippen LogP contribution in [0, 0.1) is 11.3 Å². The molecule has 9 rings (SSSR count). The number of H-pyrrole nitrogens is 1. The molecule has 1 aliphatic carbocycles. The van der Waals surface area contributed by atoms with Crippen molar-refractivity contribution < 1.29 is 49.0 Å². The minimum Gasteiger partial charge on any atom is -0.508 e. The normalized spacial score (nSPS) is 21.3. The van der Waals surface area contributed by atoms with Gasteiger partial charge in [0.05, 0.1) is 25.4 Å². The Balaban J connectivity index is 1.23. The van der Waals surface area contributed by atoms with E-state index in [1.807, 2.05) is 47.3 Å². The number of carbonyl (C=O) groups excluding carboxylic acids is 3. The van der Waals surface area contributed by atoms with Gasteiger partial charge in [-0.2, -0.15) is 0 Å². The second-order valence-corrected chi connectivity index (χ2v) is 19.9. The first-order valence-electron chi connectivity index (χ1n) is 25.2. The van der Waals surface area contributed by atoms with Crippen LogP contribution < -0.4 is 19.7 Å². The number of ether oxygens (including phenoxy) is 3. The molecule has 6 aromatic rings. The molecule has 14 nitrogen and oxygen atoms in total. The molecule has 14 heteroatoms. The Morgan fingerprint density at radius 3 is 2.41 bits per heavy atom. The Morgan fingerprint density at radius 1 is 0.878 bits per heavy atom. The van der Waals surface area contributed by atoms with E-state index in [4.69, 9.17) is 14.2 Å². The molecule has 4 aromatic carbocycles. The lowest BCUT2D eigenvalue weighted by Crippen LogP contribution is -2.35. The first kappa shape index (κ1) is 51.0. The maximum atomic E-state index is 14.9. The highest BCUT2D eigenvalue weighted by Crippen LogP contribution is 2.47. The number of aliphatic hydroxyl groups is 1. The molecular weight excluding hydrogens is 937 g/mol. The van der Waals surface area contributed by atoms with Gasteiger partial charge in [0.1, 0.15) is 40.7 Å². The molecule has 0 saturated carbocycles. The number of ketones is 2. The lowest BCUT2D eigenvalue weighted by Gasteiger charge is -2.38. The lowest BCUT2D eigenvalue weighted by molar-refractivity contribution is -0.148. The summed E-state index contributed by atoms with van der Waals surface area (Å²) >= 11 is 0. The highest BCUT2D eigenvalue weighted by molar-refractivity contribution is 5.97. The Morgan fingerprint density at radius 2 is 1.66 bits per heavy atom. The summed E-state index contributed by atoms with van der Waals surface area (Å²) in [5.74, 6) is 0.253. The average Bonchev–Trinajstić information content (AvgIpc) is 4.03. The third kappa shape index (κ3) is 11.2. The maximum absolute atomic E-state index is 14.9. The van der Waals surface area contributed by atoms with E-state index in [9.17, 15) is 34.8 Å². The standard InChI is InChI=1S/C60H64N4O10/c1-37-9-5-6-19-60(37)20-16-50(73-39(3)67)29-48(70)30-55(43-25-56(71)59(57(26-43)72-4)74-49-13-8-12-47(69)28-49)63-34-52-42(36-65)14-15-54(53(52)35-63)64(22-18-38(2)66)58-27-41(17-21-62-58)51(40-10-7-11-46(68)23-40)24-44-32-61-33-45(44)31-60/h5-15,17,19,23,25-28,32-35,37,50-51,55,61-62,65,68-69,71H,16,18,20-22,24,29-31,36H2,1-4H3. The van der Waals surface area contributed by atoms with E-state index in [-0.39, 0.29) is 83.8 Å². The molecule has 0 fully saturated rings. The number of phenolic OH excluding ortho intramolecular Hbond substituents is 3. The van der Waals surface area contributed by atoms with Crippen molar-refractivity contribution in [3.63, 3.8) is 0 Å². The number of esters is 1. The highest BCUT2D eigenvalue weighted by Gasteiger charge is 2.37. The van der Waals surface area contributed by atoms with Crippen LogP contribution in [-0.4, -0.2) is 73.8 Å². The van der Waals surface area contributed by atoms with Crippen LogP contribution >= 0.6 is 0 Å². The number of benzene rings is 4. The van der Waals surface area contributed by atoms with Crippen LogP contribution in [0.3, 0.4) is 0 Å². The van der Waals surface area contributed by atoms with E-state index in [1.165, 1.54) is 32.2 Å². The zero-order chi connectivity index (χ0) is 52.1. The number of rotatable bonds is 10. The summed E-state index contributed by atoms with van der Waals surface area (Å²) in [5.41, 5.74) is 5.67. The molecule has 3 aliphatic rings. The Hall–Kier alpha value is -7.97. The number of carbonyl (C=O) groups is 3. The largest absolute Gasteiger partial charge is 0.508 e. The summed E-state index contributed by atoms with van der Waals surface area (Å²) in [5, 5.41) is 48.7. The third-order valence-electron chi connectivity index (χ3n) is 14.9. The molecule has 5 unspecified atom stereocenters. The van der Waals surface area contributed by atoms with Crippen molar-refractivity contribution in [3.05, 3.63) is 173 Å². The minimum absolute atomic E-state index is 0.00365. The number of aromatic hydroxyl groups is 3. The van der Waals surface area contributed by atoms with Gasteiger partial charge in [-0.05, 0) is 126 Å². The van der Waals surface area contributed by atoms with Crippen LogP contribution in [0.2, 0.25) is 0 Å². The zero-order valence-electron chi connectivity index (χ0n) is 42.2. The van der Waals surface area contributed by atoms with E-state index in [1.54, 1.807) is 31.2 Å². The van der Waals surface area contributed by atoms with Crippen molar-refractivity contribution in [2.24, 2.45) is 11.3 Å². The van der Waals surface area contributed by atoms with Gasteiger partial charge in [-0.3, -0.25) is 14.4 Å². The molecule has 1 spiro atoms. The second-order valence-electron chi connectivity index (χ2n) is 19.9. The molecule has 2 aromatic heterocycles. The average molecular weight is 1000 g/mol. The van der Waals surface area contributed by atoms with Gasteiger partial charge in [0.25, 0.3) is 0 Å². The van der Waals surface area contributed by atoms with Gasteiger partial charge in [0.15, 0.2) is 11.5 Å². The molecule has 5 atom stereocenters. The van der Waals surface area contributed by atoms with Crippen molar-refractivity contribution in [2.45, 2.75) is 90.4 Å². The van der Waals surface area contributed by atoms with Gasteiger partial charge in [-0.25, -0.2) is 0 Å². The molecule has 2 aliphatic heterocycles. The van der Waals surface area contributed by atoms with Gasteiger partial charge < -0.3 is 54.4 Å². The summed E-state index contributed by atoms with van der Waals surface area (Å²) in [6, 6.07) is 19.8. The van der Waals surface area contributed by atoms with Crippen LogP contribution in [0.25, 0.3) is 10.8 Å². The van der Waals surface area contributed by atoms with Crippen molar-refractivity contribution in [1.82, 2.24) is 14.9 Å². The summed E-state index contributed by atoms with van der Waals surface area (Å²) < 4.78 is 19.8. The second kappa shape index (κ2) is 22.0. The fourth-order valence-corrected chi connectivity index (χ4v) is 10.9. The number of Topliss-reactive ketones (excluding diaryl/α,β-unsaturated/α-hetero) is 2. The number of hydrogen-bond donors (Lipinski definition) is 6. The monoisotopic (exact) mass is 1000 g/mol. The lowest BCUT2D eigenvalue weighted by atomic mass is 9.66. The SMILES string of the molecule is COc1cc(C2CC(=O)CC(OC(C)=O)CCC3(C=CC=CC3C)Cc3c[nH]cc3CC(c3cccc(O)c3)C3=CCNC(=C3)N(CCC(C)=O)c3ccc(CO)c4cn2cc34)cc(O)c1Oc1cccc(O)c1. The van der Waals surface area contributed by atoms with Gasteiger partial charge in [-0.1, -0.05) is 61.6 Å². The summed E-state index contributed by atoms with van der Waals surface area (Å²) in [6.45, 7) is 5.62. The Labute approximate surface area is 430 Å². The summed E-state index contributed by atoms with van der Waals surface area (Å²) in [6.07, 6.45) is 22.4. The van der Waals surface area contributed by atoms with Crippen LogP contribution in [0.4, 0.5) is 5.69 Å². The third-order valence-corrected chi connectivity index (χ3v) is 14.9. The molecule has 4 heterocycles. The smallest absolute Gasteiger partial charge is 0.302 e. The van der Waals surface area contributed by atoms with Gasteiger partial charge in [-0.15, -0.1) is 0 Å². The van der Waals surface area contributed by atoms with Crippen molar-refractivity contribution in [3.8, 4) is 34.5 Å². The summed E-state index contributed by atoms with van der Waals surface area (Å²) in [4.78, 5) is 46.1.